The van der Waals surface area contributed by atoms with Crippen LogP contribution >= 0.6 is 11.3 Å². The van der Waals surface area contributed by atoms with Gasteiger partial charge in [0.2, 0.25) is 5.91 Å². The van der Waals surface area contributed by atoms with E-state index in [0.29, 0.717) is 18.4 Å². The second-order valence-corrected chi connectivity index (χ2v) is 9.38. The second kappa shape index (κ2) is 11.4. The molecular formula is C26H28N4O2S. The van der Waals surface area contributed by atoms with E-state index in [4.69, 9.17) is 5.26 Å². The van der Waals surface area contributed by atoms with E-state index in [-0.39, 0.29) is 24.3 Å². The van der Waals surface area contributed by atoms with Crippen LogP contribution in [0.15, 0.2) is 53.9 Å². The fraction of sp³-hybridized carbons (Fsp3) is 0.308. The number of hydrogen-bond acceptors (Lipinski definition) is 5. The maximum atomic E-state index is 13.3. The Morgan fingerprint density at radius 2 is 1.91 bits per heavy atom. The zero-order chi connectivity index (χ0) is 23.8. The van der Waals surface area contributed by atoms with Gasteiger partial charge in [0, 0.05) is 16.5 Å². The molecule has 1 heterocycles. The Morgan fingerprint density at radius 3 is 2.55 bits per heavy atom. The van der Waals surface area contributed by atoms with Gasteiger partial charge in [-0.25, -0.2) is 4.98 Å². The highest BCUT2D eigenvalue weighted by molar-refractivity contribution is 7.09. The first-order valence-corrected chi connectivity index (χ1v) is 11.8. The molecule has 6 nitrogen and oxygen atoms in total. The minimum Gasteiger partial charge on any atom is -0.341 e. The molecule has 3 aromatic rings. The van der Waals surface area contributed by atoms with Crippen molar-refractivity contribution in [1.29, 1.82) is 5.26 Å². The van der Waals surface area contributed by atoms with Crippen LogP contribution < -0.4 is 10.6 Å². The standard InChI is InChI=1S/C26H28N4O2S/c1-17(2)13-23(26(32)28-12-11-27)30-25(31)22-10-9-20(24-16-33-18(3)29-24)15-21(22)14-19-7-5-4-6-8-19/h4-10,15-17,23H,12-14H2,1-3H3,(H,28,32)(H,30,31). The minimum atomic E-state index is -0.712. The molecule has 1 atom stereocenters. The lowest BCUT2D eigenvalue weighted by molar-refractivity contribution is -0.123. The predicted octanol–water partition coefficient (Wildman–Crippen LogP) is 4.49. The van der Waals surface area contributed by atoms with Crippen molar-refractivity contribution < 1.29 is 9.59 Å². The van der Waals surface area contributed by atoms with Crippen LogP contribution in [0.2, 0.25) is 0 Å². The summed E-state index contributed by atoms with van der Waals surface area (Å²) >= 11 is 1.59. The lowest BCUT2D eigenvalue weighted by Crippen LogP contribution is -2.47. The van der Waals surface area contributed by atoms with Gasteiger partial charge in [-0.1, -0.05) is 50.2 Å². The van der Waals surface area contributed by atoms with Gasteiger partial charge < -0.3 is 10.6 Å². The molecule has 0 aliphatic carbocycles. The number of amides is 2. The molecule has 0 saturated heterocycles. The summed E-state index contributed by atoms with van der Waals surface area (Å²) < 4.78 is 0. The molecule has 33 heavy (non-hydrogen) atoms. The molecule has 7 heteroatoms. The van der Waals surface area contributed by atoms with Crippen LogP contribution in [-0.4, -0.2) is 29.4 Å². The van der Waals surface area contributed by atoms with Crippen LogP contribution in [0, 0.1) is 24.2 Å². The van der Waals surface area contributed by atoms with Gasteiger partial charge in [-0.05, 0) is 48.9 Å². The molecule has 2 amide bonds. The Kier molecular flexibility index (Phi) is 8.34. The molecule has 2 N–H and O–H groups in total. The third-order valence-electron chi connectivity index (χ3n) is 5.17. The predicted molar refractivity (Wildman–Crippen MR) is 131 cm³/mol. The van der Waals surface area contributed by atoms with Gasteiger partial charge in [-0.3, -0.25) is 9.59 Å². The van der Waals surface area contributed by atoms with Crippen molar-refractivity contribution in [3.8, 4) is 17.3 Å². The Hall–Kier alpha value is -3.50. The molecule has 1 aromatic heterocycles. The number of carbonyl (C=O) groups excluding carboxylic acids is 2. The number of nitrogens with one attached hydrogen (secondary N) is 2. The largest absolute Gasteiger partial charge is 0.341 e. The monoisotopic (exact) mass is 460 g/mol. The van der Waals surface area contributed by atoms with Crippen LogP contribution in [0.4, 0.5) is 0 Å². The van der Waals surface area contributed by atoms with E-state index in [2.05, 4.69) is 15.6 Å². The molecule has 0 fully saturated rings. The Bertz CT molecular complexity index is 1150. The van der Waals surface area contributed by atoms with Gasteiger partial charge in [-0.2, -0.15) is 5.26 Å². The summed E-state index contributed by atoms with van der Waals surface area (Å²) in [7, 11) is 0. The zero-order valence-corrected chi connectivity index (χ0v) is 19.9. The first-order valence-electron chi connectivity index (χ1n) is 10.9. The van der Waals surface area contributed by atoms with Crippen LogP contribution in [0.3, 0.4) is 0 Å². The number of aryl methyl sites for hydroxylation is 1. The van der Waals surface area contributed by atoms with Gasteiger partial charge in [0.25, 0.3) is 5.91 Å². The van der Waals surface area contributed by atoms with E-state index in [1.54, 1.807) is 17.4 Å². The maximum absolute atomic E-state index is 13.3. The van der Waals surface area contributed by atoms with Crippen LogP contribution in [0.1, 0.15) is 46.8 Å². The molecule has 0 aliphatic rings. The lowest BCUT2D eigenvalue weighted by Gasteiger charge is -2.20. The van der Waals surface area contributed by atoms with Gasteiger partial charge >= 0.3 is 0 Å². The third-order valence-corrected chi connectivity index (χ3v) is 5.95. The molecule has 1 unspecified atom stereocenters. The molecule has 2 aromatic carbocycles. The number of nitrogens with zero attached hydrogens (tertiary/aromatic N) is 2. The summed E-state index contributed by atoms with van der Waals surface area (Å²) in [5, 5.41) is 17.2. The van der Waals surface area contributed by atoms with Gasteiger partial charge in [0.15, 0.2) is 0 Å². The van der Waals surface area contributed by atoms with E-state index in [9.17, 15) is 9.59 Å². The third kappa shape index (κ3) is 6.74. The first-order chi connectivity index (χ1) is 15.9. The van der Waals surface area contributed by atoms with E-state index in [0.717, 1.165) is 27.4 Å². The molecule has 170 valence electrons. The summed E-state index contributed by atoms with van der Waals surface area (Å²) in [6.45, 7) is 5.85. The highest BCUT2D eigenvalue weighted by Gasteiger charge is 2.24. The quantitative estimate of drug-likeness (QED) is 0.460. The number of benzene rings is 2. The van der Waals surface area contributed by atoms with Crippen molar-refractivity contribution in [2.24, 2.45) is 5.92 Å². The second-order valence-electron chi connectivity index (χ2n) is 8.32. The van der Waals surface area contributed by atoms with Crippen LogP contribution in [-0.2, 0) is 11.2 Å². The van der Waals surface area contributed by atoms with E-state index >= 15 is 0 Å². The fourth-order valence-electron chi connectivity index (χ4n) is 3.62. The molecule has 0 spiro atoms. The molecule has 3 rings (SSSR count). The fourth-order valence-corrected chi connectivity index (χ4v) is 4.24. The van der Waals surface area contributed by atoms with Crippen LogP contribution in [0.5, 0.6) is 0 Å². The number of aromatic nitrogens is 1. The van der Waals surface area contributed by atoms with E-state index in [1.165, 1.54) is 0 Å². The highest BCUT2D eigenvalue weighted by Crippen LogP contribution is 2.26. The summed E-state index contributed by atoms with van der Waals surface area (Å²) in [5.74, 6) is -0.459. The summed E-state index contributed by atoms with van der Waals surface area (Å²) in [6.07, 6.45) is 1.06. The van der Waals surface area contributed by atoms with Crippen LogP contribution in [0.25, 0.3) is 11.3 Å². The number of nitriles is 1. The maximum Gasteiger partial charge on any atom is 0.252 e. The SMILES string of the molecule is Cc1nc(-c2ccc(C(=O)NC(CC(C)C)C(=O)NCC#N)c(Cc3ccccc3)c2)cs1. The summed E-state index contributed by atoms with van der Waals surface area (Å²) in [6, 6.07) is 16.8. The average Bonchev–Trinajstić information content (AvgIpc) is 3.23. The van der Waals surface area contributed by atoms with Gasteiger partial charge in [-0.15, -0.1) is 11.3 Å². The van der Waals surface area contributed by atoms with Crippen molar-refractivity contribution in [3.63, 3.8) is 0 Å². The van der Waals surface area contributed by atoms with Gasteiger partial charge in [0.05, 0.1) is 16.8 Å². The molecule has 0 aliphatic heterocycles. The smallest absolute Gasteiger partial charge is 0.252 e. The Balaban J connectivity index is 1.92. The minimum absolute atomic E-state index is 0.0929. The van der Waals surface area contributed by atoms with Crippen molar-refractivity contribution >= 4 is 23.2 Å². The highest BCUT2D eigenvalue weighted by atomic mass is 32.1. The Labute approximate surface area is 198 Å². The first kappa shape index (κ1) is 24.1. The van der Waals surface area contributed by atoms with E-state index in [1.807, 2.05) is 74.7 Å². The topological polar surface area (TPSA) is 94.9 Å². The summed E-state index contributed by atoms with van der Waals surface area (Å²) in [4.78, 5) is 30.4. The number of hydrogen-bond donors (Lipinski definition) is 2. The number of thiazole rings is 1. The van der Waals surface area contributed by atoms with Gasteiger partial charge in [0.1, 0.15) is 12.6 Å². The normalized spacial score (nSPS) is 11.6. The Morgan fingerprint density at radius 1 is 1.15 bits per heavy atom. The zero-order valence-electron chi connectivity index (χ0n) is 19.1. The van der Waals surface area contributed by atoms with Crippen molar-refractivity contribution in [2.45, 2.75) is 39.7 Å². The number of rotatable bonds is 9. The van der Waals surface area contributed by atoms with Crippen molar-refractivity contribution in [1.82, 2.24) is 15.6 Å². The lowest BCUT2D eigenvalue weighted by atomic mass is 9.95. The number of carbonyl (C=O) groups is 2. The molecule has 0 bridgehead atoms. The molecular weight excluding hydrogens is 432 g/mol. The average molecular weight is 461 g/mol. The van der Waals surface area contributed by atoms with Crippen molar-refractivity contribution in [3.05, 3.63) is 75.6 Å². The van der Waals surface area contributed by atoms with Crippen molar-refractivity contribution in [2.75, 3.05) is 6.54 Å². The molecule has 0 radical (unpaired) electrons. The summed E-state index contributed by atoms with van der Waals surface area (Å²) in [5.41, 5.74) is 4.31. The molecule has 0 saturated carbocycles. The van der Waals surface area contributed by atoms with E-state index < -0.39 is 6.04 Å².